The van der Waals surface area contributed by atoms with E-state index in [1.165, 1.54) is 12.1 Å². The van der Waals surface area contributed by atoms with Gasteiger partial charge < -0.3 is 0 Å². The SMILES string of the molecule is O=C(C[S+](c1ccccc1)c1ccccc1)c1ccc([N+](=O)O)cc1. The fraction of sp³-hybridized carbons (Fsp3) is 0.0500. The molecule has 0 unspecified atom stereocenters. The second kappa shape index (κ2) is 7.77. The molecule has 0 spiro atoms. The van der Waals surface area contributed by atoms with Gasteiger partial charge in [-0.1, -0.05) is 36.4 Å². The van der Waals surface area contributed by atoms with E-state index in [0.29, 0.717) is 11.3 Å². The van der Waals surface area contributed by atoms with Gasteiger partial charge in [0.25, 0.3) is 4.92 Å². The Kier molecular flexibility index (Phi) is 5.26. The van der Waals surface area contributed by atoms with E-state index in [2.05, 4.69) is 0 Å². The summed E-state index contributed by atoms with van der Waals surface area (Å²) in [7, 11) is -0.367. The number of carbonyl (C=O) groups is 1. The van der Waals surface area contributed by atoms with E-state index < -0.39 is 0 Å². The molecule has 1 N–H and O–H groups in total. The van der Waals surface area contributed by atoms with Gasteiger partial charge in [-0.05, 0) is 36.4 Å². The second-order valence-corrected chi connectivity index (χ2v) is 7.42. The first-order valence-electron chi connectivity index (χ1n) is 7.75. The lowest BCUT2D eigenvalue weighted by Crippen LogP contribution is -2.17. The van der Waals surface area contributed by atoms with Gasteiger partial charge in [0, 0.05) is 17.7 Å². The molecular weight excluding hydrogens is 334 g/mol. The highest BCUT2D eigenvalue weighted by atomic mass is 32.2. The number of benzene rings is 3. The van der Waals surface area contributed by atoms with Crippen molar-refractivity contribution in [3.8, 4) is 0 Å². The van der Waals surface area contributed by atoms with Crippen molar-refractivity contribution in [3.05, 3.63) is 95.4 Å². The third-order valence-electron chi connectivity index (χ3n) is 3.74. The third kappa shape index (κ3) is 4.14. The number of ketones is 1. The zero-order valence-corrected chi connectivity index (χ0v) is 14.2. The molecule has 0 radical (unpaired) electrons. The maximum Gasteiger partial charge on any atom is 0.316 e. The van der Waals surface area contributed by atoms with Gasteiger partial charge in [0.2, 0.25) is 5.78 Å². The summed E-state index contributed by atoms with van der Waals surface area (Å²) >= 11 is 0. The summed E-state index contributed by atoms with van der Waals surface area (Å²) < 4.78 is 0. The van der Waals surface area contributed by atoms with Crippen LogP contribution >= 0.6 is 0 Å². The van der Waals surface area contributed by atoms with E-state index in [4.69, 9.17) is 5.21 Å². The molecule has 25 heavy (non-hydrogen) atoms. The first-order valence-corrected chi connectivity index (χ1v) is 9.15. The fourth-order valence-electron chi connectivity index (χ4n) is 2.46. The normalized spacial score (nSPS) is 10.6. The second-order valence-electron chi connectivity index (χ2n) is 5.40. The van der Waals surface area contributed by atoms with E-state index in [9.17, 15) is 9.70 Å². The molecule has 0 heterocycles. The molecule has 0 atom stereocenters. The van der Waals surface area contributed by atoms with E-state index in [-0.39, 0.29) is 27.3 Å². The molecule has 0 aliphatic rings. The summed E-state index contributed by atoms with van der Waals surface area (Å²) in [5.41, 5.74) is 0.622. The molecule has 0 amide bonds. The Hall–Kier alpha value is -2.92. The van der Waals surface area contributed by atoms with Crippen molar-refractivity contribution in [1.82, 2.24) is 0 Å². The first kappa shape index (κ1) is 16.9. The van der Waals surface area contributed by atoms with Crippen molar-refractivity contribution in [2.24, 2.45) is 0 Å². The molecule has 0 saturated carbocycles. The molecule has 0 aliphatic heterocycles. The van der Waals surface area contributed by atoms with E-state index in [1.807, 2.05) is 60.7 Å². The van der Waals surface area contributed by atoms with Crippen molar-refractivity contribution in [1.29, 1.82) is 0 Å². The van der Waals surface area contributed by atoms with Crippen LogP contribution in [-0.2, 0) is 10.9 Å². The minimum atomic E-state index is -0.367. The van der Waals surface area contributed by atoms with Crippen LogP contribution in [0.1, 0.15) is 10.4 Å². The number of rotatable bonds is 6. The molecule has 3 aromatic carbocycles. The van der Waals surface area contributed by atoms with Crippen LogP contribution in [-0.4, -0.2) is 21.7 Å². The van der Waals surface area contributed by atoms with Gasteiger partial charge in [0.05, 0.1) is 15.8 Å². The van der Waals surface area contributed by atoms with Crippen molar-refractivity contribution < 1.29 is 14.9 Å². The monoisotopic (exact) mass is 351 g/mol. The van der Waals surface area contributed by atoms with Crippen LogP contribution < -0.4 is 0 Å². The molecular formula is C20H17NO3S+2. The van der Waals surface area contributed by atoms with Crippen LogP contribution in [0.25, 0.3) is 0 Å². The molecule has 3 aromatic rings. The van der Waals surface area contributed by atoms with Gasteiger partial charge in [-0.15, -0.1) is 0 Å². The quantitative estimate of drug-likeness (QED) is 0.407. The lowest BCUT2D eigenvalue weighted by molar-refractivity contribution is -0.729. The van der Waals surface area contributed by atoms with E-state index in [1.54, 1.807) is 12.1 Å². The maximum atomic E-state index is 12.7. The van der Waals surface area contributed by atoms with E-state index in [0.717, 1.165) is 9.79 Å². The fourth-order valence-corrected chi connectivity index (χ4v) is 4.47. The summed E-state index contributed by atoms with van der Waals surface area (Å²) in [6.07, 6.45) is 0. The lowest BCUT2D eigenvalue weighted by atomic mass is 10.1. The van der Waals surface area contributed by atoms with Gasteiger partial charge in [-0.3, -0.25) is 4.79 Å². The van der Waals surface area contributed by atoms with Crippen LogP contribution in [0.15, 0.2) is 94.7 Å². The molecule has 4 nitrogen and oxygen atoms in total. The van der Waals surface area contributed by atoms with Gasteiger partial charge in [-0.2, -0.15) is 0 Å². The highest BCUT2D eigenvalue weighted by Crippen LogP contribution is 2.24. The lowest BCUT2D eigenvalue weighted by Gasteiger charge is -2.07. The third-order valence-corrected chi connectivity index (χ3v) is 5.97. The average Bonchev–Trinajstić information content (AvgIpc) is 2.67. The molecule has 3 rings (SSSR count). The van der Waals surface area contributed by atoms with Crippen LogP contribution in [0.2, 0.25) is 0 Å². The molecule has 124 valence electrons. The van der Waals surface area contributed by atoms with Gasteiger partial charge in [0.1, 0.15) is 0 Å². The predicted molar refractivity (Wildman–Crippen MR) is 97.5 cm³/mol. The number of nitrogens with zero attached hydrogens (tertiary/aromatic N) is 1. The van der Waals surface area contributed by atoms with Crippen LogP contribution in [0.3, 0.4) is 0 Å². The van der Waals surface area contributed by atoms with Gasteiger partial charge in [0.15, 0.2) is 15.5 Å². The molecule has 5 heteroatoms. The molecule has 0 aromatic heterocycles. The molecule has 0 aliphatic carbocycles. The van der Waals surface area contributed by atoms with Gasteiger partial charge >= 0.3 is 5.69 Å². The Balaban J connectivity index is 1.87. The van der Waals surface area contributed by atoms with Crippen molar-refractivity contribution >= 4 is 22.4 Å². The van der Waals surface area contributed by atoms with E-state index >= 15 is 0 Å². The van der Waals surface area contributed by atoms with Crippen LogP contribution in [0.5, 0.6) is 0 Å². The smallest absolute Gasteiger partial charge is 0.289 e. The summed E-state index contributed by atoms with van der Waals surface area (Å²) in [5, 5.41) is 8.89. The zero-order chi connectivity index (χ0) is 17.6. The molecule has 0 fully saturated rings. The predicted octanol–water partition coefficient (Wildman–Crippen LogP) is 4.41. The summed E-state index contributed by atoms with van der Waals surface area (Å²) in [4.78, 5) is 25.6. The minimum Gasteiger partial charge on any atom is -0.289 e. The Morgan fingerprint density at radius 1 is 0.800 bits per heavy atom. The minimum absolute atomic E-state index is 0.00187. The number of hydrogen-bond acceptors (Lipinski definition) is 2. The summed E-state index contributed by atoms with van der Waals surface area (Å²) in [6, 6.07) is 26.0. The van der Waals surface area contributed by atoms with Gasteiger partial charge in [-0.25, -0.2) is 5.21 Å². The summed E-state index contributed by atoms with van der Waals surface area (Å²) in [5.74, 6) is 0.353. The first-order chi connectivity index (χ1) is 12.1. The van der Waals surface area contributed by atoms with Crippen LogP contribution in [0.4, 0.5) is 5.69 Å². The number of carbonyl (C=O) groups excluding carboxylic acids is 1. The Labute approximate surface area is 148 Å². The van der Waals surface area contributed by atoms with Crippen molar-refractivity contribution in [3.63, 3.8) is 0 Å². The topological polar surface area (TPSA) is 57.4 Å². The highest BCUT2D eigenvalue weighted by molar-refractivity contribution is 7.97. The van der Waals surface area contributed by atoms with Crippen LogP contribution in [0, 0.1) is 4.91 Å². The highest BCUT2D eigenvalue weighted by Gasteiger charge is 2.29. The average molecular weight is 351 g/mol. The Morgan fingerprint density at radius 3 is 1.72 bits per heavy atom. The Bertz CT molecular complexity index is 825. The standard InChI is InChI=1S/C20H17NO3S/c22-20(16-11-13-17(14-12-16)21(23)24)15-25(18-7-3-1-4-8-18)19-9-5-2-6-10-19/h1-14H,15H2,(H,23,24)/q+2. The summed E-state index contributed by atoms with van der Waals surface area (Å²) in [6.45, 7) is 0. The zero-order valence-electron chi connectivity index (χ0n) is 13.4. The molecule has 0 saturated heterocycles. The largest absolute Gasteiger partial charge is 0.316 e. The molecule has 0 bridgehead atoms. The van der Waals surface area contributed by atoms with Crippen molar-refractivity contribution in [2.75, 3.05) is 5.75 Å². The maximum absolute atomic E-state index is 12.7. The Morgan fingerprint density at radius 2 is 1.28 bits per heavy atom. The number of Topliss-reactive ketones (excluding diaryl/α,β-unsaturated/α-hetero) is 1. The number of hydrogen-bond donors (Lipinski definition) is 1. The van der Waals surface area contributed by atoms with Crippen molar-refractivity contribution in [2.45, 2.75) is 9.79 Å².